The topological polar surface area (TPSA) is 57.1 Å². The van der Waals surface area contributed by atoms with Crippen molar-refractivity contribution in [1.82, 2.24) is 0 Å². The first-order valence-corrected chi connectivity index (χ1v) is 11.2. The molecular weight excluding hydrogens is 374 g/mol. The van der Waals surface area contributed by atoms with Crippen LogP contribution in [0.15, 0.2) is 28.7 Å². The van der Waals surface area contributed by atoms with Gasteiger partial charge in [-0.15, -0.1) is 0 Å². The Kier molecular flexibility index (Phi) is 8.22. The highest BCUT2D eigenvalue weighted by atomic mass is 32.2. The summed E-state index contributed by atoms with van der Waals surface area (Å²) in [4.78, 5) is 0. The van der Waals surface area contributed by atoms with E-state index in [1.807, 2.05) is 46.8 Å². The molecule has 1 unspecified atom stereocenters. The van der Waals surface area contributed by atoms with E-state index < -0.39 is 16.8 Å². The van der Waals surface area contributed by atoms with Crippen molar-refractivity contribution in [3.8, 4) is 5.75 Å². The molecule has 28 heavy (non-hydrogen) atoms. The first-order chi connectivity index (χ1) is 13.1. The number of hydrogen-bond donors (Lipinski definition) is 0. The fraction of sp³-hybridized carbons (Fsp3) is 0.682. The van der Waals surface area contributed by atoms with E-state index in [2.05, 4.69) is 23.5 Å². The third-order valence-corrected chi connectivity index (χ3v) is 5.97. The number of hydrogen-bond acceptors (Lipinski definition) is 4. The van der Waals surface area contributed by atoms with E-state index in [1.165, 1.54) is 5.56 Å². The molecule has 0 aliphatic carbocycles. The third kappa shape index (κ3) is 7.64. The molecular formula is C22H35NO4S. The van der Waals surface area contributed by atoms with Crippen LogP contribution in [0.4, 0.5) is 0 Å². The maximum Gasteiger partial charge on any atom is 0.163 e. The van der Waals surface area contributed by atoms with Gasteiger partial charge in [-0.1, -0.05) is 19.1 Å². The Hall–Kier alpha value is -1.24. The van der Waals surface area contributed by atoms with Gasteiger partial charge in [0.2, 0.25) is 0 Å². The van der Waals surface area contributed by atoms with Crippen LogP contribution in [0.1, 0.15) is 66.4 Å². The molecule has 0 aromatic heterocycles. The standard InChI is InChI=1S/C22H35NO4S/c1-7-18(23-28(24)21(2,3)4)10-8-9-17-11-13-19(14-12-17)25-15-20-16-26-22(5,6)27-20/h11-14,20H,7-10,15-16H2,1-6H3/t20-,28?/m1/s1. The fourth-order valence-corrected chi connectivity index (χ4v) is 3.55. The first kappa shape index (κ1) is 23.0. The molecule has 1 saturated heterocycles. The summed E-state index contributed by atoms with van der Waals surface area (Å²) in [5, 5.41) is 0. The van der Waals surface area contributed by atoms with E-state index in [-0.39, 0.29) is 10.9 Å². The molecule has 0 bridgehead atoms. The summed E-state index contributed by atoms with van der Waals surface area (Å²) >= 11 is 0. The van der Waals surface area contributed by atoms with Crippen LogP contribution >= 0.6 is 0 Å². The third-order valence-electron chi connectivity index (χ3n) is 4.50. The Morgan fingerprint density at radius 3 is 2.50 bits per heavy atom. The van der Waals surface area contributed by atoms with Gasteiger partial charge in [0.15, 0.2) is 5.79 Å². The van der Waals surface area contributed by atoms with Crippen molar-refractivity contribution in [3.05, 3.63) is 29.8 Å². The molecule has 158 valence electrons. The maximum absolute atomic E-state index is 12.2. The van der Waals surface area contributed by atoms with Gasteiger partial charge in [0.25, 0.3) is 0 Å². The van der Waals surface area contributed by atoms with E-state index >= 15 is 0 Å². The van der Waals surface area contributed by atoms with Crippen LogP contribution in [-0.2, 0) is 26.9 Å². The second-order valence-corrected chi connectivity index (χ2v) is 10.5. The lowest BCUT2D eigenvalue weighted by molar-refractivity contribution is -0.141. The highest BCUT2D eigenvalue weighted by Crippen LogP contribution is 2.23. The number of aryl methyl sites for hydroxylation is 1. The van der Waals surface area contributed by atoms with Crippen LogP contribution in [0.5, 0.6) is 5.75 Å². The molecule has 2 atom stereocenters. The Balaban J connectivity index is 1.76. The molecule has 0 saturated carbocycles. The van der Waals surface area contributed by atoms with Gasteiger partial charge >= 0.3 is 0 Å². The van der Waals surface area contributed by atoms with Crippen LogP contribution in [0.2, 0.25) is 0 Å². The molecule has 1 aliphatic rings. The largest absolute Gasteiger partial charge is 0.491 e. The summed E-state index contributed by atoms with van der Waals surface area (Å²) in [5.41, 5.74) is 2.30. The summed E-state index contributed by atoms with van der Waals surface area (Å²) in [6.07, 6.45) is 3.66. The predicted molar refractivity (Wildman–Crippen MR) is 115 cm³/mol. The molecule has 0 amide bonds. The molecule has 0 spiro atoms. The smallest absolute Gasteiger partial charge is 0.163 e. The van der Waals surface area contributed by atoms with Crippen molar-refractivity contribution < 1.29 is 18.4 Å². The lowest BCUT2D eigenvalue weighted by Crippen LogP contribution is -2.25. The van der Waals surface area contributed by atoms with Crippen molar-refractivity contribution in [2.75, 3.05) is 13.2 Å². The minimum atomic E-state index is -1.17. The van der Waals surface area contributed by atoms with E-state index in [0.717, 1.165) is 37.1 Å². The lowest BCUT2D eigenvalue weighted by atomic mass is 10.1. The van der Waals surface area contributed by atoms with Crippen LogP contribution in [0.3, 0.4) is 0 Å². The number of benzene rings is 1. The average Bonchev–Trinajstić information content (AvgIpc) is 2.98. The minimum absolute atomic E-state index is 0.0277. The molecule has 2 rings (SSSR count). The van der Waals surface area contributed by atoms with Gasteiger partial charge in [0.05, 0.1) is 11.4 Å². The maximum atomic E-state index is 12.2. The van der Waals surface area contributed by atoms with Crippen molar-refractivity contribution in [2.45, 2.75) is 83.9 Å². The van der Waals surface area contributed by atoms with Crippen LogP contribution in [0, 0.1) is 0 Å². The first-order valence-electron chi connectivity index (χ1n) is 10.1. The summed E-state index contributed by atoms with van der Waals surface area (Å²) in [6, 6.07) is 8.20. The molecule has 0 radical (unpaired) electrons. The molecule has 6 heteroatoms. The van der Waals surface area contributed by atoms with Crippen LogP contribution < -0.4 is 4.74 Å². The Morgan fingerprint density at radius 1 is 1.29 bits per heavy atom. The highest BCUT2D eigenvalue weighted by molar-refractivity contribution is 7.85. The van der Waals surface area contributed by atoms with Crippen LogP contribution in [-0.4, -0.2) is 39.8 Å². The molecule has 1 aromatic carbocycles. The quantitative estimate of drug-likeness (QED) is 0.547. The Labute approximate surface area is 172 Å². The predicted octanol–water partition coefficient (Wildman–Crippen LogP) is 4.85. The fourth-order valence-electron chi connectivity index (χ4n) is 2.82. The number of rotatable bonds is 9. The summed E-state index contributed by atoms with van der Waals surface area (Å²) in [7, 11) is -1.17. The van der Waals surface area contributed by atoms with E-state index in [0.29, 0.717) is 13.2 Å². The minimum Gasteiger partial charge on any atom is -0.491 e. The Morgan fingerprint density at radius 2 is 1.96 bits per heavy atom. The van der Waals surface area contributed by atoms with Crippen molar-refractivity contribution >= 4 is 16.7 Å². The van der Waals surface area contributed by atoms with E-state index in [9.17, 15) is 4.21 Å². The number of nitrogens with zero attached hydrogens (tertiary/aromatic N) is 1. The summed E-state index contributed by atoms with van der Waals surface area (Å²) in [5.74, 6) is 0.325. The second kappa shape index (κ2) is 9.99. The molecule has 1 fully saturated rings. The van der Waals surface area contributed by atoms with Gasteiger partial charge < -0.3 is 14.2 Å². The zero-order valence-electron chi connectivity index (χ0n) is 18.1. The molecule has 5 nitrogen and oxygen atoms in total. The van der Waals surface area contributed by atoms with Crippen molar-refractivity contribution in [2.24, 2.45) is 4.40 Å². The normalized spacial score (nSPS) is 20.9. The molecule has 0 N–H and O–H groups in total. The monoisotopic (exact) mass is 409 g/mol. The van der Waals surface area contributed by atoms with E-state index in [1.54, 1.807) is 0 Å². The zero-order chi connectivity index (χ0) is 20.8. The Bertz CT molecular complexity index is 677. The SMILES string of the molecule is CCC(CCCc1ccc(OC[C@@H]2COC(C)(C)O2)cc1)=NS(=O)C(C)(C)C. The summed E-state index contributed by atoms with van der Waals surface area (Å²) < 4.78 is 33.4. The second-order valence-electron chi connectivity index (χ2n) is 8.63. The highest BCUT2D eigenvalue weighted by Gasteiger charge is 2.32. The van der Waals surface area contributed by atoms with Gasteiger partial charge in [-0.25, -0.2) is 4.21 Å². The van der Waals surface area contributed by atoms with E-state index in [4.69, 9.17) is 14.2 Å². The summed E-state index contributed by atoms with van der Waals surface area (Å²) in [6.45, 7) is 12.8. The van der Waals surface area contributed by atoms with Gasteiger partial charge in [0.1, 0.15) is 29.4 Å². The van der Waals surface area contributed by atoms with Gasteiger partial charge in [0, 0.05) is 5.71 Å². The molecule has 1 aromatic rings. The van der Waals surface area contributed by atoms with Gasteiger partial charge in [-0.2, -0.15) is 4.40 Å². The average molecular weight is 410 g/mol. The van der Waals surface area contributed by atoms with Crippen molar-refractivity contribution in [1.29, 1.82) is 0 Å². The van der Waals surface area contributed by atoms with Crippen molar-refractivity contribution in [3.63, 3.8) is 0 Å². The van der Waals surface area contributed by atoms with Gasteiger partial charge in [-0.3, -0.25) is 0 Å². The number of ether oxygens (including phenoxy) is 3. The van der Waals surface area contributed by atoms with Gasteiger partial charge in [-0.05, 0) is 78.0 Å². The molecule has 1 heterocycles. The lowest BCUT2D eigenvalue weighted by Gasteiger charge is -2.17. The molecule has 1 aliphatic heterocycles. The zero-order valence-corrected chi connectivity index (χ0v) is 18.9. The van der Waals surface area contributed by atoms with Crippen LogP contribution in [0.25, 0.3) is 0 Å².